The maximum atomic E-state index is 10.1. The van der Waals surface area contributed by atoms with Gasteiger partial charge in [-0.3, -0.25) is 4.90 Å². The van der Waals surface area contributed by atoms with Crippen LogP contribution in [0.3, 0.4) is 0 Å². The fourth-order valence-electron chi connectivity index (χ4n) is 3.79. The molecule has 1 aromatic rings. The average molecular weight is 260 g/mol. The summed E-state index contributed by atoms with van der Waals surface area (Å²) < 4.78 is 0. The Morgan fingerprint density at radius 1 is 1.26 bits per heavy atom. The molecule has 0 aromatic heterocycles. The number of rotatable bonds is 3. The Hall–Kier alpha value is -1.06. The van der Waals surface area contributed by atoms with E-state index in [0.717, 1.165) is 12.1 Å². The van der Waals surface area contributed by atoms with Crippen molar-refractivity contribution in [2.45, 2.75) is 50.7 Å². The number of aromatic hydroxyl groups is 1. The second-order valence-corrected chi connectivity index (χ2v) is 5.89. The van der Waals surface area contributed by atoms with Gasteiger partial charge < -0.3 is 10.4 Å². The zero-order valence-electron chi connectivity index (χ0n) is 11.7. The molecule has 2 fully saturated rings. The van der Waals surface area contributed by atoms with Crippen molar-refractivity contribution in [3.05, 3.63) is 29.8 Å². The van der Waals surface area contributed by atoms with E-state index in [1.54, 1.807) is 6.07 Å². The molecule has 0 spiro atoms. The topological polar surface area (TPSA) is 35.5 Å². The minimum Gasteiger partial charge on any atom is -0.508 e. The van der Waals surface area contributed by atoms with Crippen LogP contribution in [-0.2, 0) is 0 Å². The lowest BCUT2D eigenvalue weighted by atomic mass is 10.00. The van der Waals surface area contributed by atoms with E-state index in [-0.39, 0.29) is 0 Å². The van der Waals surface area contributed by atoms with Gasteiger partial charge in [-0.2, -0.15) is 0 Å². The molecule has 1 aromatic carbocycles. The largest absolute Gasteiger partial charge is 0.508 e. The highest BCUT2D eigenvalue weighted by atomic mass is 16.3. The van der Waals surface area contributed by atoms with Gasteiger partial charge in [0.25, 0.3) is 0 Å². The van der Waals surface area contributed by atoms with Gasteiger partial charge >= 0.3 is 0 Å². The van der Waals surface area contributed by atoms with E-state index in [0.29, 0.717) is 23.9 Å². The predicted octanol–water partition coefficient (Wildman–Crippen LogP) is 2.67. The Kier molecular flexibility index (Phi) is 3.76. The molecule has 3 heteroatoms. The highest BCUT2D eigenvalue weighted by molar-refractivity contribution is 5.34. The van der Waals surface area contributed by atoms with Crippen LogP contribution in [0.1, 0.15) is 44.2 Å². The minimum atomic E-state index is 0.302. The van der Waals surface area contributed by atoms with Gasteiger partial charge in [-0.05, 0) is 51.8 Å². The van der Waals surface area contributed by atoms with Crippen LogP contribution in [0, 0.1) is 0 Å². The molecule has 0 bridgehead atoms. The van der Waals surface area contributed by atoms with Crippen LogP contribution in [0.2, 0.25) is 0 Å². The third kappa shape index (κ3) is 2.49. The summed E-state index contributed by atoms with van der Waals surface area (Å²) in [6.07, 6.45) is 5.17. The molecule has 3 unspecified atom stereocenters. The lowest BCUT2D eigenvalue weighted by Gasteiger charge is -2.34. The molecule has 2 heterocycles. The highest BCUT2D eigenvalue weighted by Crippen LogP contribution is 2.35. The first-order chi connectivity index (χ1) is 9.27. The second-order valence-electron chi connectivity index (χ2n) is 5.89. The summed E-state index contributed by atoms with van der Waals surface area (Å²) in [7, 11) is 0. The third-order valence-electron chi connectivity index (χ3n) is 4.79. The molecule has 0 aliphatic carbocycles. The predicted molar refractivity (Wildman–Crippen MR) is 77.3 cm³/mol. The van der Waals surface area contributed by atoms with Gasteiger partial charge in [-0.25, -0.2) is 0 Å². The molecule has 3 rings (SSSR count). The fourth-order valence-corrected chi connectivity index (χ4v) is 3.79. The van der Waals surface area contributed by atoms with Gasteiger partial charge in [-0.15, -0.1) is 0 Å². The van der Waals surface area contributed by atoms with Gasteiger partial charge in [0, 0.05) is 23.7 Å². The van der Waals surface area contributed by atoms with Crippen molar-refractivity contribution < 1.29 is 5.11 Å². The molecule has 0 amide bonds. The summed E-state index contributed by atoms with van der Waals surface area (Å²) in [6, 6.07) is 9.35. The van der Waals surface area contributed by atoms with E-state index in [1.807, 2.05) is 12.1 Å². The van der Waals surface area contributed by atoms with Gasteiger partial charge in [0.2, 0.25) is 0 Å². The fraction of sp³-hybridized carbons (Fsp3) is 0.625. The normalized spacial score (nSPS) is 29.7. The second kappa shape index (κ2) is 5.51. The van der Waals surface area contributed by atoms with Crippen LogP contribution >= 0.6 is 0 Å². The van der Waals surface area contributed by atoms with E-state index in [1.165, 1.54) is 32.2 Å². The van der Waals surface area contributed by atoms with Gasteiger partial charge in [0.05, 0.1) is 0 Å². The van der Waals surface area contributed by atoms with Gasteiger partial charge in [0.1, 0.15) is 5.75 Å². The lowest BCUT2D eigenvalue weighted by Crippen LogP contribution is -2.44. The SMILES string of the molecule is CC(c1ccccc1O)N1CCCC1C1CCCN1. The number of nitrogens with zero attached hydrogens (tertiary/aromatic N) is 1. The number of likely N-dealkylation sites (tertiary alicyclic amines) is 1. The maximum absolute atomic E-state index is 10.1. The monoisotopic (exact) mass is 260 g/mol. The van der Waals surface area contributed by atoms with Crippen molar-refractivity contribution in [3.63, 3.8) is 0 Å². The minimum absolute atomic E-state index is 0.302. The summed E-state index contributed by atoms with van der Waals surface area (Å²) in [5, 5.41) is 13.7. The molecule has 2 aliphatic rings. The molecule has 2 N–H and O–H groups in total. The van der Waals surface area contributed by atoms with E-state index in [9.17, 15) is 5.11 Å². The Morgan fingerprint density at radius 3 is 2.84 bits per heavy atom. The Balaban J connectivity index is 1.78. The van der Waals surface area contributed by atoms with Crippen molar-refractivity contribution in [3.8, 4) is 5.75 Å². The standard InChI is InChI=1S/C16H24N2O/c1-12(13-6-2-3-9-16(13)19)18-11-5-8-15(18)14-7-4-10-17-14/h2-3,6,9,12,14-15,17,19H,4-5,7-8,10-11H2,1H3. The molecular weight excluding hydrogens is 236 g/mol. The molecule has 0 saturated carbocycles. The third-order valence-corrected chi connectivity index (χ3v) is 4.79. The number of benzene rings is 1. The quantitative estimate of drug-likeness (QED) is 0.877. The van der Waals surface area contributed by atoms with E-state index >= 15 is 0 Å². The van der Waals surface area contributed by atoms with Crippen molar-refractivity contribution in [2.75, 3.05) is 13.1 Å². The molecule has 104 valence electrons. The first-order valence-corrected chi connectivity index (χ1v) is 7.54. The summed E-state index contributed by atoms with van der Waals surface area (Å²) in [6.45, 7) is 4.54. The first kappa shape index (κ1) is 12.9. The van der Waals surface area contributed by atoms with Crippen LogP contribution in [0.15, 0.2) is 24.3 Å². The van der Waals surface area contributed by atoms with Crippen molar-refractivity contribution >= 4 is 0 Å². The van der Waals surface area contributed by atoms with E-state index in [2.05, 4.69) is 23.2 Å². The maximum Gasteiger partial charge on any atom is 0.120 e. The molecule has 2 aliphatic heterocycles. The number of nitrogens with one attached hydrogen (secondary N) is 1. The zero-order chi connectivity index (χ0) is 13.2. The van der Waals surface area contributed by atoms with Crippen molar-refractivity contribution in [1.82, 2.24) is 10.2 Å². The smallest absolute Gasteiger partial charge is 0.120 e. The van der Waals surface area contributed by atoms with Crippen molar-refractivity contribution in [1.29, 1.82) is 0 Å². The Labute approximate surface area is 115 Å². The molecule has 3 nitrogen and oxygen atoms in total. The molecular formula is C16H24N2O. The van der Waals surface area contributed by atoms with Crippen molar-refractivity contribution in [2.24, 2.45) is 0 Å². The summed E-state index contributed by atoms with van der Waals surface area (Å²) >= 11 is 0. The lowest BCUT2D eigenvalue weighted by molar-refractivity contribution is 0.161. The number of para-hydroxylation sites is 1. The highest BCUT2D eigenvalue weighted by Gasteiger charge is 2.36. The van der Waals surface area contributed by atoms with Crippen LogP contribution in [-0.4, -0.2) is 35.2 Å². The van der Waals surface area contributed by atoms with Crippen LogP contribution in [0.5, 0.6) is 5.75 Å². The van der Waals surface area contributed by atoms with Crippen LogP contribution in [0.4, 0.5) is 0 Å². The number of phenols is 1. The number of hydrogen-bond acceptors (Lipinski definition) is 3. The first-order valence-electron chi connectivity index (χ1n) is 7.54. The number of phenolic OH excluding ortho intramolecular Hbond substituents is 1. The van der Waals surface area contributed by atoms with Gasteiger partial charge in [-0.1, -0.05) is 18.2 Å². The van der Waals surface area contributed by atoms with Crippen LogP contribution < -0.4 is 5.32 Å². The summed E-state index contributed by atoms with van der Waals surface area (Å²) in [4.78, 5) is 2.58. The molecule has 2 saturated heterocycles. The summed E-state index contributed by atoms with van der Waals surface area (Å²) in [5.74, 6) is 0.431. The Bertz CT molecular complexity index is 429. The van der Waals surface area contributed by atoms with E-state index < -0.39 is 0 Å². The van der Waals surface area contributed by atoms with E-state index in [4.69, 9.17) is 0 Å². The average Bonchev–Trinajstić information content (AvgIpc) is 3.09. The molecule has 3 atom stereocenters. The van der Waals surface area contributed by atoms with Gasteiger partial charge in [0.15, 0.2) is 0 Å². The number of hydrogen-bond donors (Lipinski definition) is 2. The van der Waals surface area contributed by atoms with Crippen LogP contribution in [0.25, 0.3) is 0 Å². The Morgan fingerprint density at radius 2 is 2.11 bits per heavy atom. The summed E-state index contributed by atoms with van der Waals surface area (Å²) in [5.41, 5.74) is 1.06. The molecule has 19 heavy (non-hydrogen) atoms. The zero-order valence-corrected chi connectivity index (χ0v) is 11.7. The molecule has 0 radical (unpaired) electrons.